The summed E-state index contributed by atoms with van der Waals surface area (Å²) in [6.45, 7) is 0.296. The number of halogens is 2. The minimum atomic E-state index is -0.411. The Kier molecular flexibility index (Phi) is 2.88. The van der Waals surface area contributed by atoms with Gasteiger partial charge < -0.3 is 0 Å². The molecular formula is C11H7ClFN3. The van der Waals surface area contributed by atoms with E-state index in [9.17, 15) is 4.39 Å². The fourth-order valence-corrected chi connectivity index (χ4v) is 1.50. The average molecular weight is 236 g/mol. The van der Waals surface area contributed by atoms with Gasteiger partial charge in [0.05, 0.1) is 29.4 Å². The van der Waals surface area contributed by atoms with Crippen LogP contribution in [-0.4, -0.2) is 9.78 Å². The first-order valence-corrected chi connectivity index (χ1v) is 4.93. The number of hydrogen-bond acceptors (Lipinski definition) is 2. The second kappa shape index (κ2) is 4.33. The van der Waals surface area contributed by atoms with Gasteiger partial charge in [-0.25, -0.2) is 4.39 Å². The van der Waals surface area contributed by atoms with Gasteiger partial charge in [0.15, 0.2) is 0 Å². The molecule has 0 saturated carbocycles. The molecule has 0 fully saturated rings. The van der Waals surface area contributed by atoms with Crippen LogP contribution in [0.4, 0.5) is 4.39 Å². The largest absolute Gasteiger partial charge is 0.267 e. The normalized spacial score (nSPS) is 10.1. The Morgan fingerprint density at radius 1 is 1.50 bits per heavy atom. The molecule has 0 saturated heterocycles. The summed E-state index contributed by atoms with van der Waals surface area (Å²) in [6, 6.07) is 6.23. The molecule has 0 unspecified atom stereocenters. The van der Waals surface area contributed by atoms with Crippen LogP contribution in [0.2, 0.25) is 5.02 Å². The summed E-state index contributed by atoms with van der Waals surface area (Å²) in [5.74, 6) is -0.411. The molecule has 0 amide bonds. The van der Waals surface area contributed by atoms with Crippen LogP contribution in [-0.2, 0) is 6.54 Å². The van der Waals surface area contributed by atoms with Crippen molar-refractivity contribution in [3.63, 3.8) is 0 Å². The second-order valence-corrected chi connectivity index (χ2v) is 3.71. The van der Waals surface area contributed by atoms with Gasteiger partial charge in [-0.3, -0.25) is 4.68 Å². The maximum atomic E-state index is 13.5. The molecular weight excluding hydrogens is 229 g/mol. The highest BCUT2D eigenvalue weighted by Crippen LogP contribution is 2.12. The van der Waals surface area contributed by atoms with Crippen LogP contribution in [0.5, 0.6) is 0 Å². The number of benzene rings is 1. The first kappa shape index (κ1) is 10.7. The number of hydrogen-bond donors (Lipinski definition) is 0. The molecule has 2 aromatic rings. The fourth-order valence-electron chi connectivity index (χ4n) is 1.34. The lowest BCUT2D eigenvalue weighted by atomic mass is 10.1. The lowest BCUT2D eigenvalue weighted by Gasteiger charge is -2.03. The zero-order valence-corrected chi connectivity index (χ0v) is 8.95. The highest BCUT2D eigenvalue weighted by Gasteiger charge is 2.05. The summed E-state index contributed by atoms with van der Waals surface area (Å²) in [4.78, 5) is 0. The Labute approximate surface area is 96.7 Å². The van der Waals surface area contributed by atoms with Crippen molar-refractivity contribution < 1.29 is 4.39 Å². The van der Waals surface area contributed by atoms with Crippen molar-refractivity contribution in [2.45, 2.75) is 6.54 Å². The molecule has 0 spiro atoms. The molecule has 1 aromatic carbocycles. The molecule has 0 N–H and O–H groups in total. The molecule has 0 radical (unpaired) electrons. The minimum absolute atomic E-state index is 0.296. The topological polar surface area (TPSA) is 41.6 Å². The quantitative estimate of drug-likeness (QED) is 0.803. The molecule has 0 bridgehead atoms. The maximum absolute atomic E-state index is 13.5. The predicted molar refractivity (Wildman–Crippen MR) is 57.5 cm³/mol. The third-order valence-electron chi connectivity index (χ3n) is 2.12. The third-order valence-corrected chi connectivity index (χ3v) is 2.31. The molecule has 0 atom stereocenters. The number of nitrogens with zero attached hydrogens (tertiary/aromatic N) is 3. The summed E-state index contributed by atoms with van der Waals surface area (Å²) in [5.41, 5.74) is 0.776. The lowest BCUT2D eigenvalue weighted by molar-refractivity contribution is 0.585. The van der Waals surface area contributed by atoms with E-state index in [1.807, 2.05) is 6.07 Å². The summed E-state index contributed by atoms with van der Waals surface area (Å²) < 4.78 is 15.0. The molecule has 0 aliphatic carbocycles. The molecule has 5 heteroatoms. The van der Waals surface area contributed by atoms with Crippen molar-refractivity contribution in [1.29, 1.82) is 5.26 Å². The number of rotatable bonds is 2. The predicted octanol–water partition coefficient (Wildman–Crippen LogP) is 2.60. The van der Waals surface area contributed by atoms with Gasteiger partial charge in [0.2, 0.25) is 0 Å². The standard InChI is InChI=1S/C11H7ClFN3/c12-10-5-15-16(7-10)6-9-2-1-8(4-14)3-11(9)13/h1-3,5,7H,6H2. The SMILES string of the molecule is N#Cc1ccc(Cn2cc(Cl)cn2)c(F)c1. The monoisotopic (exact) mass is 235 g/mol. The van der Waals surface area contributed by atoms with E-state index >= 15 is 0 Å². The van der Waals surface area contributed by atoms with Gasteiger partial charge in [-0.1, -0.05) is 17.7 Å². The molecule has 3 nitrogen and oxygen atoms in total. The van der Waals surface area contributed by atoms with Crippen molar-refractivity contribution in [2.75, 3.05) is 0 Å². The molecule has 16 heavy (non-hydrogen) atoms. The Balaban J connectivity index is 2.26. The van der Waals surface area contributed by atoms with E-state index in [1.54, 1.807) is 18.3 Å². The Morgan fingerprint density at radius 2 is 2.31 bits per heavy atom. The lowest BCUT2D eigenvalue weighted by Crippen LogP contribution is -2.02. The van der Waals surface area contributed by atoms with Crippen LogP contribution in [0.1, 0.15) is 11.1 Å². The maximum Gasteiger partial charge on any atom is 0.129 e. The van der Waals surface area contributed by atoms with Crippen LogP contribution >= 0.6 is 11.6 Å². The van der Waals surface area contributed by atoms with Gasteiger partial charge in [-0.15, -0.1) is 0 Å². The van der Waals surface area contributed by atoms with Crippen molar-refractivity contribution in [3.8, 4) is 6.07 Å². The molecule has 0 aliphatic rings. The molecule has 2 rings (SSSR count). The summed E-state index contributed by atoms with van der Waals surface area (Å²) in [5, 5.41) is 13.1. The molecule has 0 aliphatic heterocycles. The third kappa shape index (κ3) is 2.20. The van der Waals surface area contributed by atoms with Gasteiger partial charge in [0, 0.05) is 11.8 Å². The van der Waals surface area contributed by atoms with E-state index in [0.717, 1.165) is 0 Å². The Morgan fingerprint density at radius 3 is 2.88 bits per heavy atom. The highest BCUT2D eigenvalue weighted by atomic mass is 35.5. The van der Waals surface area contributed by atoms with E-state index in [-0.39, 0.29) is 0 Å². The zero-order chi connectivity index (χ0) is 11.5. The van der Waals surface area contributed by atoms with E-state index < -0.39 is 5.82 Å². The van der Waals surface area contributed by atoms with Gasteiger partial charge in [0.25, 0.3) is 0 Å². The summed E-state index contributed by atoms with van der Waals surface area (Å²) in [6.07, 6.45) is 3.10. The van der Waals surface area contributed by atoms with E-state index in [1.165, 1.54) is 16.9 Å². The highest BCUT2D eigenvalue weighted by molar-refractivity contribution is 6.30. The molecule has 1 heterocycles. The molecule has 80 valence electrons. The number of nitriles is 1. The minimum Gasteiger partial charge on any atom is -0.267 e. The van der Waals surface area contributed by atoms with Crippen molar-refractivity contribution in [3.05, 3.63) is 52.6 Å². The smallest absolute Gasteiger partial charge is 0.129 e. The fraction of sp³-hybridized carbons (Fsp3) is 0.0909. The summed E-state index contributed by atoms with van der Waals surface area (Å²) in [7, 11) is 0. The van der Waals surface area contributed by atoms with Gasteiger partial charge in [-0.05, 0) is 12.1 Å². The van der Waals surface area contributed by atoms with Gasteiger partial charge >= 0.3 is 0 Å². The summed E-state index contributed by atoms with van der Waals surface area (Å²) >= 11 is 5.69. The van der Waals surface area contributed by atoms with Crippen LogP contribution in [0.25, 0.3) is 0 Å². The van der Waals surface area contributed by atoms with E-state index in [4.69, 9.17) is 16.9 Å². The van der Waals surface area contributed by atoms with Crippen LogP contribution in [0.15, 0.2) is 30.6 Å². The Hall–Kier alpha value is -1.86. The molecule has 1 aromatic heterocycles. The first-order valence-electron chi connectivity index (χ1n) is 4.55. The van der Waals surface area contributed by atoms with Crippen molar-refractivity contribution >= 4 is 11.6 Å². The van der Waals surface area contributed by atoms with Crippen LogP contribution < -0.4 is 0 Å². The van der Waals surface area contributed by atoms with Crippen molar-refractivity contribution in [1.82, 2.24) is 9.78 Å². The Bertz CT molecular complexity index is 557. The van der Waals surface area contributed by atoms with Crippen molar-refractivity contribution in [2.24, 2.45) is 0 Å². The second-order valence-electron chi connectivity index (χ2n) is 3.27. The van der Waals surface area contributed by atoms with E-state index in [2.05, 4.69) is 5.10 Å². The van der Waals surface area contributed by atoms with Gasteiger partial charge in [0.1, 0.15) is 5.82 Å². The first-order chi connectivity index (χ1) is 7.69. The zero-order valence-electron chi connectivity index (χ0n) is 8.19. The van der Waals surface area contributed by atoms with Crippen LogP contribution in [0, 0.1) is 17.1 Å². The van der Waals surface area contributed by atoms with E-state index in [0.29, 0.717) is 22.7 Å². The number of aromatic nitrogens is 2. The van der Waals surface area contributed by atoms with Crippen LogP contribution in [0.3, 0.4) is 0 Å². The average Bonchev–Trinajstić information content (AvgIpc) is 2.67. The van der Waals surface area contributed by atoms with Gasteiger partial charge in [-0.2, -0.15) is 10.4 Å².